The van der Waals surface area contributed by atoms with Gasteiger partial charge < -0.3 is 10.6 Å². The zero-order valence-corrected chi connectivity index (χ0v) is 8.49. The van der Waals surface area contributed by atoms with Crippen LogP contribution in [0.25, 0.3) is 0 Å². The van der Waals surface area contributed by atoms with Crippen LogP contribution in [0.5, 0.6) is 0 Å². The second-order valence-electron chi connectivity index (χ2n) is 2.98. The summed E-state index contributed by atoms with van der Waals surface area (Å²) >= 11 is 0. The van der Waals surface area contributed by atoms with Gasteiger partial charge in [0.1, 0.15) is 0 Å². The van der Waals surface area contributed by atoms with E-state index in [0.29, 0.717) is 13.1 Å². The highest BCUT2D eigenvalue weighted by Crippen LogP contribution is 1.98. The third kappa shape index (κ3) is 3.98. The lowest BCUT2D eigenvalue weighted by molar-refractivity contribution is -0.131. The predicted molar refractivity (Wildman–Crippen MR) is 57.1 cm³/mol. The molecule has 0 rings (SSSR count). The summed E-state index contributed by atoms with van der Waals surface area (Å²) in [5, 5.41) is 0. The minimum atomic E-state index is -0.625. The Balaban J connectivity index is 4.29. The predicted octanol–water partition coefficient (Wildman–Crippen LogP) is 0.209. The van der Waals surface area contributed by atoms with Gasteiger partial charge in [0.2, 0.25) is 5.91 Å². The molecule has 1 atom stereocenters. The van der Waals surface area contributed by atoms with Crippen LogP contribution in [0.4, 0.5) is 0 Å². The second-order valence-corrected chi connectivity index (χ2v) is 2.98. The zero-order chi connectivity index (χ0) is 11.0. The van der Waals surface area contributed by atoms with Crippen molar-refractivity contribution in [2.75, 3.05) is 13.1 Å². The summed E-state index contributed by atoms with van der Waals surface area (Å²) in [6.45, 7) is 2.90. The molecule has 0 aliphatic carbocycles. The minimum Gasteiger partial charge on any atom is -0.330 e. The Bertz CT molecular complexity index is 259. The summed E-state index contributed by atoms with van der Waals surface area (Å²) in [6.07, 6.45) is 11.3. The summed E-state index contributed by atoms with van der Waals surface area (Å²) in [6, 6.07) is -0.625. The van der Waals surface area contributed by atoms with Crippen LogP contribution in [-0.2, 0) is 4.79 Å². The first-order valence-electron chi connectivity index (χ1n) is 4.58. The van der Waals surface area contributed by atoms with Gasteiger partial charge in [-0.2, -0.15) is 0 Å². The van der Waals surface area contributed by atoms with Crippen molar-refractivity contribution in [2.24, 2.45) is 5.73 Å². The molecule has 3 heteroatoms. The molecule has 0 aliphatic heterocycles. The summed E-state index contributed by atoms with van der Waals surface area (Å²) in [4.78, 5) is 13.2. The number of carbonyl (C=O) groups excluding carboxylic acids is 1. The Labute approximate surface area is 85.6 Å². The van der Waals surface area contributed by atoms with Crippen LogP contribution >= 0.6 is 0 Å². The lowest BCUT2D eigenvalue weighted by Crippen LogP contribution is -2.44. The van der Waals surface area contributed by atoms with Crippen molar-refractivity contribution >= 4 is 5.91 Å². The van der Waals surface area contributed by atoms with E-state index in [4.69, 9.17) is 18.6 Å². The highest BCUT2D eigenvalue weighted by molar-refractivity contribution is 5.82. The average Bonchev–Trinajstić information content (AvgIpc) is 2.17. The van der Waals surface area contributed by atoms with Crippen molar-refractivity contribution in [2.45, 2.75) is 25.8 Å². The molecule has 1 amide bonds. The molecule has 76 valence electrons. The topological polar surface area (TPSA) is 46.3 Å². The van der Waals surface area contributed by atoms with E-state index in [0.717, 1.165) is 6.42 Å². The number of hydrogen-bond acceptors (Lipinski definition) is 2. The van der Waals surface area contributed by atoms with Crippen molar-refractivity contribution in [1.29, 1.82) is 0 Å². The first kappa shape index (κ1) is 12.6. The van der Waals surface area contributed by atoms with E-state index in [1.807, 2.05) is 6.92 Å². The van der Waals surface area contributed by atoms with E-state index in [2.05, 4.69) is 11.8 Å². The van der Waals surface area contributed by atoms with Crippen LogP contribution in [0.2, 0.25) is 0 Å². The van der Waals surface area contributed by atoms with Crippen molar-refractivity contribution in [3.8, 4) is 24.7 Å². The normalized spacial score (nSPS) is 11.1. The number of amides is 1. The zero-order valence-electron chi connectivity index (χ0n) is 8.49. The molecule has 0 saturated carbocycles. The Morgan fingerprint density at radius 3 is 2.57 bits per heavy atom. The molecule has 2 N–H and O–H groups in total. The van der Waals surface area contributed by atoms with E-state index in [9.17, 15) is 4.79 Å². The third-order valence-corrected chi connectivity index (χ3v) is 1.74. The first-order valence-corrected chi connectivity index (χ1v) is 4.58. The van der Waals surface area contributed by atoms with Gasteiger partial charge in [0.25, 0.3) is 0 Å². The Kier molecular flexibility index (Phi) is 6.28. The maximum atomic E-state index is 11.6. The number of carbonyl (C=O) groups is 1. The van der Waals surface area contributed by atoms with Crippen molar-refractivity contribution in [1.82, 2.24) is 4.90 Å². The highest BCUT2D eigenvalue weighted by Gasteiger charge is 2.18. The molecule has 0 saturated heterocycles. The Morgan fingerprint density at radius 1 is 1.50 bits per heavy atom. The number of rotatable bonds is 5. The summed E-state index contributed by atoms with van der Waals surface area (Å²) in [5.41, 5.74) is 5.59. The van der Waals surface area contributed by atoms with Crippen molar-refractivity contribution < 1.29 is 4.79 Å². The van der Waals surface area contributed by atoms with Crippen LogP contribution in [0.3, 0.4) is 0 Å². The quantitative estimate of drug-likeness (QED) is 0.633. The van der Waals surface area contributed by atoms with E-state index >= 15 is 0 Å². The largest absolute Gasteiger partial charge is 0.330 e. The van der Waals surface area contributed by atoms with E-state index < -0.39 is 6.04 Å². The van der Waals surface area contributed by atoms with Crippen LogP contribution in [0, 0.1) is 24.7 Å². The molecule has 0 heterocycles. The fourth-order valence-corrected chi connectivity index (χ4v) is 1.10. The lowest BCUT2D eigenvalue weighted by Gasteiger charge is -2.22. The van der Waals surface area contributed by atoms with Gasteiger partial charge in [0.15, 0.2) is 0 Å². The van der Waals surface area contributed by atoms with Gasteiger partial charge in [0, 0.05) is 13.0 Å². The second kappa shape index (κ2) is 7.00. The molecule has 0 spiro atoms. The molecule has 0 fully saturated rings. The van der Waals surface area contributed by atoms with E-state index in [1.54, 1.807) is 4.90 Å². The molecule has 0 bridgehead atoms. The maximum absolute atomic E-state index is 11.6. The monoisotopic (exact) mass is 192 g/mol. The fraction of sp³-hybridized carbons (Fsp3) is 0.545. The van der Waals surface area contributed by atoms with Gasteiger partial charge in [-0.25, -0.2) is 0 Å². The smallest absolute Gasteiger partial charge is 0.241 e. The number of terminal acetylenes is 2. The van der Waals surface area contributed by atoms with Gasteiger partial charge in [-0.05, 0) is 6.42 Å². The first-order chi connectivity index (χ1) is 6.67. The summed E-state index contributed by atoms with van der Waals surface area (Å²) < 4.78 is 0. The minimum absolute atomic E-state index is 0.164. The molecule has 0 radical (unpaired) electrons. The number of nitrogens with zero attached hydrogens (tertiary/aromatic N) is 1. The Hall–Kier alpha value is -1.45. The van der Waals surface area contributed by atoms with Gasteiger partial charge in [0.05, 0.1) is 12.6 Å². The summed E-state index contributed by atoms with van der Waals surface area (Å²) in [7, 11) is 0. The molecule has 1 unspecified atom stereocenters. The molecule has 3 nitrogen and oxygen atoms in total. The van der Waals surface area contributed by atoms with Gasteiger partial charge in [-0.1, -0.05) is 12.8 Å². The SMILES string of the molecule is C#CCC(N)C(=O)N(CC#C)CCC. The van der Waals surface area contributed by atoms with E-state index in [1.165, 1.54) is 0 Å². The molecule has 0 aromatic heterocycles. The maximum Gasteiger partial charge on any atom is 0.241 e. The standard InChI is InChI=1S/C11H16N2O/c1-4-7-10(12)11(14)13(8-5-2)9-6-3/h1-2,10H,6-9,12H2,3H3. The van der Waals surface area contributed by atoms with Crippen molar-refractivity contribution in [3.05, 3.63) is 0 Å². The van der Waals surface area contributed by atoms with Crippen LogP contribution < -0.4 is 5.73 Å². The molecule has 0 aromatic carbocycles. The molecule has 0 aromatic rings. The van der Waals surface area contributed by atoms with Gasteiger partial charge in [-0.3, -0.25) is 4.79 Å². The van der Waals surface area contributed by atoms with Gasteiger partial charge in [-0.15, -0.1) is 18.8 Å². The highest BCUT2D eigenvalue weighted by atomic mass is 16.2. The number of hydrogen-bond donors (Lipinski definition) is 1. The third-order valence-electron chi connectivity index (χ3n) is 1.74. The van der Waals surface area contributed by atoms with E-state index in [-0.39, 0.29) is 12.3 Å². The molecule has 0 aliphatic rings. The van der Waals surface area contributed by atoms with Crippen LogP contribution in [-0.4, -0.2) is 29.9 Å². The molecular weight excluding hydrogens is 176 g/mol. The van der Waals surface area contributed by atoms with Crippen molar-refractivity contribution in [3.63, 3.8) is 0 Å². The summed E-state index contributed by atoms with van der Waals surface area (Å²) in [5.74, 6) is 4.63. The molecular formula is C11H16N2O. The van der Waals surface area contributed by atoms with Crippen LogP contribution in [0.15, 0.2) is 0 Å². The molecule has 14 heavy (non-hydrogen) atoms. The number of nitrogens with two attached hydrogens (primary N) is 1. The lowest BCUT2D eigenvalue weighted by atomic mass is 10.2. The fourth-order valence-electron chi connectivity index (χ4n) is 1.10. The van der Waals surface area contributed by atoms with Crippen LogP contribution in [0.1, 0.15) is 19.8 Å². The Morgan fingerprint density at radius 2 is 2.14 bits per heavy atom. The van der Waals surface area contributed by atoms with Gasteiger partial charge >= 0.3 is 0 Å². The average molecular weight is 192 g/mol.